The second-order valence-electron chi connectivity index (χ2n) is 6.08. The van der Waals surface area contributed by atoms with Gasteiger partial charge in [-0.05, 0) is 23.8 Å². The van der Waals surface area contributed by atoms with Crippen molar-refractivity contribution in [1.29, 1.82) is 5.26 Å². The molecule has 23 heavy (non-hydrogen) atoms. The number of aromatic nitrogens is 1. The van der Waals surface area contributed by atoms with E-state index in [0.29, 0.717) is 6.42 Å². The normalized spacial score (nSPS) is 17.0. The zero-order chi connectivity index (χ0) is 16.2. The number of ether oxygens (including phenoxy) is 1. The van der Waals surface area contributed by atoms with Crippen LogP contribution in [-0.2, 0) is 11.2 Å². The van der Waals surface area contributed by atoms with E-state index in [2.05, 4.69) is 31.2 Å². The van der Waals surface area contributed by atoms with Crippen LogP contribution in [0, 0.1) is 17.2 Å². The Morgan fingerprint density at radius 2 is 2.17 bits per heavy atom. The second-order valence-corrected chi connectivity index (χ2v) is 6.08. The van der Waals surface area contributed by atoms with Gasteiger partial charge in [-0.1, -0.05) is 37.6 Å². The van der Waals surface area contributed by atoms with Crippen LogP contribution in [0.4, 0.5) is 0 Å². The molecule has 1 atom stereocenters. The maximum Gasteiger partial charge on any atom is 0.104 e. The highest BCUT2D eigenvalue weighted by Crippen LogP contribution is 2.41. The molecular weight excluding hydrogens is 284 g/mol. The summed E-state index contributed by atoms with van der Waals surface area (Å²) in [6.07, 6.45) is 6.44. The highest BCUT2D eigenvalue weighted by atomic mass is 16.5. The number of methoxy groups -OCH3 is 1. The van der Waals surface area contributed by atoms with Gasteiger partial charge in [-0.15, -0.1) is 0 Å². The lowest BCUT2D eigenvalue weighted by atomic mass is 9.80. The van der Waals surface area contributed by atoms with Crippen molar-refractivity contribution in [3.8, 4) is 6.07 Å². The molecule has 0 bridgehead atoms. The maximum absolute atomic E-state index is 9.17. The van der Waals surface area contributed by atoms with Gasteiger partial charge < -0.3 is 4.74 Å². The molecule has 2 aromatic rings. The molecule has 118 valence electrons. The van der Waals surface area contributed by atoms with Crippen molar-refractivity contribution in [2.24, 2.45) is 5.92 Å². The number of fused-ring (bicyclic) bond motifs is 3. The fourth-order valence-electron chi connectivity index (χ4n) is 3.56. The minimum Gasteiger partial charge on any atom is -0.500 e. The Hall–Kier alpha value is -2.34. The molecule has 0 N–H and O–H groups in total. The largest absolute Gasteiger partial charge is 0.500 e. The zero-order valence-corrected chi connectivity index (χ0v) is 13.8. The Labute approximate surface area is 137 Å². The first-order valence-corrected chi connectivity index (χ1v) is 8.31. The van der Waals surface area contributed by atoms with E-state index in [1.165, 1.54) is 16.5 Å². The highest BCUT2D eigenvalue weighted by molar-refractivity contribution is 5.95. The molecule has 0 amide bonds. The number of benzene rings is 1. The van der Waals surface area contributed by atoms with Crippen LogP contribution >= 0.6 is 0 Å². The van der Waals surface area contributed by atoms with Crippen molar-refractivity contribution >= 4 is 16.3 Å². The van der Waals surface area contributed by atoms with Crippen molar-refractivity contribution in [3.63, 3.8) is 0 Å². The third kappa shape index (κ3) is 2.82. The van der Waals surface area contributed by atoms with Gasteiger partial charge in [0.2, 0.25) is 0 Å². The van der Waals surface area contributed by atoms with Crippen LogP contribution in [0.15, 0.2) is 36.2 Å². The van der Waals surface area contributed by atoms with Crippen LogP contribution in [0.25, 0.3) is 16.3 Å². The van der Waals surface area contributed by atoms with Gasteiger partial charge in [0.05, 0.1) is 13.2 Å². The number of hydrogen-bond donors (Lipinski definition) is 0. The number of allylic oxidation sites excluding steroid dienone is 2. The van der Waals surface area contributed by atoms with E-state index in [-0.39, 0.29) is 5.92 Å². The van der Waals surface area contributed by atoms with Gasteiger partial charge >= 0.3 is 0 Å². The maximum atomic E-state index is 9.17. The number of nitriles is 1. The summed E-state index contributed by atoms with van der Waals surface area (Å²) in [6.45, 7) is 2.20. The number of nitrogens with zero attached hydrogens (tertiary/aromatic N) is 2. The lowest BCUT2D eigenvalue weighted by molar-refractivity contribution is 0.239. The fourth-order valence-corrected chi connectivity index (χ4v) is 3.56. The van der Waals surface area contributed by atoms with Gasteiger partial charge in [-0.2, -0.15) is 5.26 Å². The summed E-state index contributed by atoms with van der Waals surface area (Å²) >= 11 is 0. The summed E-state index contributed by atoms with van der Waals surface area (Å²) in [5.41, 5.74) is 3.60. The van der Waals surface area contributed by atoms with E-state index in [0.717, 1.165) is 42.5 Å². The van der Waals surface area contributed by atoms with Crippen molar-refractivity contribution in [1.82, 2.24) is 4.98 Å². The first-order chi connectivity index (χ1) is 11.3. The van der Waals surface area contributed by atoms with E-state index in [4.69, 9.17) is 15.0 Å². The van der Waals surface area contributed by atoms with Gasteiger partial charge in [0.25, 0.3) is 0 Å². The average Bonchev–Trinajstić information content (AvgIpc) is 2.59. The molecule has 0 saturated carbocycles. The molecule has 0 saturated heterocycles. The summed E-state index contributed by atoms with van der Waals surface area (Å²) in [5.74, 6) is 1.11. The molecule has 1 heterocycles. The quantitative estimate of drug-likeness (QED) is 0.791. The first-order valence-electron chi connectivity index (χ1n) is 8.31. The molecule has 3 nitrogen and oxygen atoms in total. The molecule has 0 spiro atoms. The first kappa shape index (κ1) is 15.6. The van der Waals surface area contributed by atoms with Gasteiger partial charge in [0, 0.05) is 41.6 Å². The smallest absolute Gasteiger partial charge is 0.104 e. The van der Waals surface area contributed by atoms with Crippen LogP contribution in [0.1, 0.15) is 43.9 Å². The zero-order valence-electron chi connectivity index (χ0n) is 13.8. The Kier molecular flexibility index (Phi) is 4.62. The second kappa shape index (κ2) is 6.83. The van der Waals surface area contributed by atoms with Gasteiger partial charge in [-0.3, -0.25) is 4.98 Å². The average molecular weight is 306 g/mol. The molecule has 1 aliphatic carbocycles. The third-order valence-electron chi connectivity index (χ3n) is 4.63. The van der Waals surface area contributed by atoms with Crippen LogP contribution in [0.2, 0.25) is 0 Å². The van der Waals surface area contributed by atoms with Crippen LogP contribution in [0.5, 0.6) is 0 Å². The monoisotopic (exact) mass is 306 g/mol. The van der Waals surface area contributed by atoms with Crippen LogP contribution in [0.3, 0.4) is 0 Å². The summed E-state index contributed by atoms with van der Waals surface area (Å²) in [5, 5.41) is 11.6. The van der Waals surface area contributed by atoms with Crippen molar-refractivity contribution in [2.75, 3.05) is 7.11 Å². The summed E-state index contributed by atoms with van der Waals surface area (Å²) < 4.78 is 5.77. The Morgan fingerprint density at radius 1 is 1.35 bits per heavy atom. The van der Waals surface area contributed by atoms with Crippen LogP contribution in [-0.4, -0.2) is 12.1 Å². The third-order valence-corrected chi connectivity index (χ3v) is 4.63. The minimum absolute atomic E-state index is 0.123. The summed E-state index contributed by atoms with van der Waals surface area (Å²) in [4.78, 5) is 4.71. The van der Waals surface area contributed by atoms with E-state index < -0.39 is 0 Å². The van der Waals surface area contributed by atoms with E-state index in [1.807, 2.05) is 12.3 Å². The summed E-state index contributed by atoms with van der Waals surface area (Å²) in [6, 6.07) is 10.7. The predicted molar refractivity (Wildman–Crippen MR) is 92.6 cm³/mol. The van der Waals surface area contributed by atoms with Crippen molar-refractivity contribution < 1.29 is 4.74 Å². The lowest BCUT2D eigenvalue weighted by Crippen LogP contribution is -2.19. The van der Waals surface area contributed by atoms with Gasteiger partial charge in [-0.25, -0.2) is 0 Å². The lowest BCUT2D eigenvalue weighted by Gasteiger charge is -2.28. The SMILES string of the molecule is CCCCC1=C(OC)C(CC#N)Cc2ncc3ccccc3c21. The van der Waals surface area contributed by atoms with Gasteiger partial charge in [0.15, 0.2) is 0 Å². The Morgan fingerprint density at radius 3 is 2.91 bits per heavy atom. The standard InChI is InChI=1S/C20H22N2O/c1-3-4-8-17-19-16-9-6-5-7-15(16)13-22-18(19)12-14(10-11-21)20(17)23-2/h5-7,9,13-14H,3-4,8,10,12H2,1-2H3. The molecule has 0 fully saturated rings. The van der Waals surface area contributed by atoms with Crippen molar-refractivity contribution in [3.05, 3.63) is 47.5 Å². The number of pyridine rings is 1. The molecule has 1 unspecified atom stereocenters. The number of unbranched alkanes of at least 4 members (excludes halogenated alkanes) is 1. The Balaban J connectivity index is 2.23. The fraction of sp³-hybridized carbons (Fsp3) is 0.400. The van der Waals surface area contributed by atoms with E-state index in [1.54, 1.807) is 7.11 Å². The number of rotatable bonds is 5. The molecular formula is C20H22N2O. The molecule has 3 rings (SSSR count). The van der Waals surface area contributed by atoms with E-state index in [9.17, 15) is 0 Å². The topological polar surface area (TPSA) is 45.9 Å². The molecule has 3 heteroatoms. The molecule has 1 aromatic heterocycles. The molecule has 1 aliphatic rings. The molecule has 1 aromatic carbocycles. The molecule has 0 aliphatic heterocycles. The van der Waals surface area contributed by atoms with Crippen LogP contribution < -0.4 is 0 Å². The predicted octanol–water partition coefficient (Wildman–Crippen LogP) is 4.87. The van der Waals surface area contributed by atoms with Crippen molar-refractivity contribution in [2.45, 2.75) is 39.0 Å². The highest BCUT2D eigenvalue weighted by Gasteiger charge is 2.30. The van der Waals surface area contributed by atoms with Gasteiger partial charge in [0.1, 0.15) is 5.76 Å². The minimum atomic E-state index is 0.123. The number of hydrogen-bond acceptors (Lipinski definition) is 3. The molecule has 0 radical (unpaired) electrons. The summed E-state index contributed by atoms with van der Waals surface area (Å²) in [7, 11) is 1.73. The Bertz CT molecular complexity index is 786. The van der Waals surface area contributed by atoms with E-state index >= 15 is 0 Å².